The van der Waals surface area contributed by atoms with Crippen LogP contribution in [-0.4, -0.2) is 12.6 Å². The van der Waals surface area contributed by atoms with Crippen molar-refractivity contribution in [1.29, 1.82) is 0 Å². The van der Waals surface area contributed by atoms with Gasteiger partial charge in [0, 0.05) is 6.08 Å². The molecular formula is C23H36O2. The van der Waals surface area contributed by atoms with Crippen LogP contribution in [0.1, 0.15) is 73.6 Å². The van der Waals surface area contributed by atoms with E-state index in [2.05, 4.69) is 45.9 Å². The van der Waals surface area contributed by atoms with Crippen LogP contribution in [0, 0.1) is 0 Å². The first kappa shape index (κ1) is 23.2. The molecule has 0 unspecified atom stereocenters. The summed E-state index contributed by atoms with van der Waals surface area (Å²) in [7, 11) is 0. The molecule has 0 spiro atoms. The van der Waals surface area contributed by atoms with E-state index in [-0.39, 0.29) is 5.97 Å². The molecule has 2 heteroatoms. The molecule has 0 aromatic carbocycles. The topological polar surface area (TPSA) is 26.3 Å². The highest BCUT2D eigenvalue weighted by atomic mass is 16.5. The molecule has 0 saturated carbocycles. The first-order valence-corrected chi connectivity index (χ1v) is 9.33. The number of carbonyl (C=O) groups excluding carboxylic acids is 1. The van der Waals surface area contributed by atoms with E-state index in [0.717, 1.165) is 37.7 Å². The second-order valence-electron chi connectivity index (χ2n) is 6.84. The summed E-state index contributed by atoms with van der Waals surface area (Å²) in [6.45, 7) is 13.0. The van der Waals surface area contributed by atoms with Crippen LogP contribution in [0.4, 0.5) is 0 Å². The van der Waals surface area contributed by atoms with Gasteiger partial charge in [-0.3, -0.25) is 0 Å². The minimum atomic E-state index is -0.265. The maximum atomic E-state index is 11.5. The SMILES string of the molecule is CCCOC(=O)/C=C(C)/C=C/C=C(\C)CC/C=C(\C)CCC=C(C)C. The average Bonchev–Trinajstić information content (AvgIpc) is 2.52. The third-order valence-electron chi connectivity index (χ3n) is 3.66. The summed E-state index contributed by atoms with van der Waals surface area (Å²) in [6, 6.07) is 0. The van der Waals surface area contributed by atoms with Gasteiger partial charge in [-0.25, -0.2) is 4.79 Å². The smallest absolute Gasteiger partial charge is 0.331 e. The molecule has 0 atom stereocenters. The molecule has 0 aliphatic rings. The van der Waals surface area contributed by atoms with Crippen LogP contribution in [0.3, 0.4) is 0 Å². The lowest BCUT2D eigenvalue weighted by molar-refractivity contribution is -0.137. The van der Waals surface area contributed by atoms with Crippen LogP contribution in [0.5, 0.6) is 0 Å². The van der Waals surface area contributed by atoms with Crippen molar-refractivity contribution in [2.75, 3.05) is 6.61 Å². The summed E-state index contributed by atoms with van der Waals surface area (Å²) in [4.78, 5) is 11.5. The van der Waals surface area contributed by atoms with Gasteiger partial charge in [0.15, 0.2) is 0 Å². The average molecular weight is 345 g/mol. The molecule has 0 saturated heterocycles. The molecule has 0 N–H and O–H groups in total. The predicted molar refractivity (Wildman–Crippen MR) is 110 cm³/mol. The lowest BCUT2D eigenvalue weighted by Crippen LogP contribution is -2.01. The molecule has 0 aromatic heterocycles. The van der Waals surface area contributed by atoms with Crippen molar-refractivity contribution in [1.82, 2.24) is 0 Å². The summed E-state index contributed by atoms with van der Waals surface area (Å²) in [5.41, 5.74) is 5.10. The van der Waals surface area contributed by atoms with E-state index in [9.17, 15) is 4.79 Å². The number of hydrogen-bond acceptors (Lipinski definition) is 2. The van der Waals surface area contributed by atoms with Crippen LogP contribution in [0.25, 0.3) is 0 Å². The summed E-state index contributed by atoms with van der Waals surface area (Å²) >= 11 is 0. The van der Waals surface area contributed by atoms with Gasteiger partial charge in [-0.1, -0.05) is 54.0 Å². The van der Waals surface area contributed by atoms with Gasteiger partial charge in [0.05, 0.1) is 6.61 Å². The van der Waals surface area contributed by atoms with Crippen molar-refractivity contribution in [3.8, 4) is 0 Å². The van der Waals surface area contributed by atoms with Gasteiger partial charge in [0.1, 0.15) is 0 Å². The van der Waals surface area contributed by atoms with Crippen molar-refractivity contribution >= 4 is 5.97 Å². The van der Waals surface area contributed by atoms with E-state index in [4.69, 9.17) is 4.74 Å². The van der Waals surface area contributed by atoms with Crippen LogP contribution < -0.4 is 0 Å². The van der Waals surface area contributed by atoms with Crippen molar-refractivity contribution in [2.45, 2.75) is 73.6 Å². The number of esters is 1. The normalized spacial score (nSPS) is 13.3. The van der Waals surface area contributed by atoms with Gasteiger partial charge >= 0.3 is 5.97 Å². The molecule has 0 aliphatic heterocycles. The first-order valence-electron chi connectivity index (χ1n) is 9.33. The largest absolute Gasteiger partial charge is 0.463 e. The second kappa shape index (κ2) is 14.5. The zero-order chi connectivity index (χ0) is 19.1. The fourth-order valence-corrected chi connectivity index (χ4v) is 2.16. The molecule has 25 heavy (non-hydrogen) atoms. The van der Waals surface area contributed by atoms with Crippen molar-refractivity contribution in [2.24, 2.45) is 0 Å². The monoisotopic (exact) mass is 344 g/mol. The lowest BCUT2D eigenvalue weighted by Gasteiger charge is -2.01. The fraction of sp³-hybridized carbons (Fsp3) is 0.522. The molecule has 0 heterocycles. The Labute approximate surface area is 155 Å². The van der Waals surface area contributed by atoms with Crippen LogP contribution in [0.15, 0.2) is 58.7 Å². The van der Waals surface area contributed by atoms with Gasteiger partial charge in [0.2, 0.25) is 0 Å². The highest BCUT2D eigenvalue weighted by Gasteiger charge is 1.96. The zero-order valence-corrected chi connectivity index (χ0v) is 17.0. The van der Waals surface area contributed by atoms with Crippen molar-refractivity contribution in [3.63, 3.8) is 0 Å². The molecule has 0 amide bonds. The number of allylic oxidation sites excluding steroid dienone is 9. The Hall–Kier alpha value is -1.83. The predicted octanol–water partition coefficient (Wildman–Crippen LogP) is 6.86. The van der Waals surface area contributed by atoms with E-state index in [1.54, 1.807) is 0 Å². The Bertz CT molecular complexity index is 538. The third kappa shape index (κ3) is 15.4. The maximum absolute atomic E-state index is 11.5. The van der Waals surface area contributed by atoms with Crippen LogP contribution >= 0.6 is 0 Å². The van der Waals surface area contributed by atoms with Crippen molar-refractivity contribution in [3.05, 3.63) is 58.7 Å². The third-order valence-corrected chi connectivity index (χ3v) is 3.66. The van der Waals surface area contributed by atoms with E-state index >= 15 is 0 Å². The number of ether oxygens (including phenoxy) is 1. The molecule has 0 aromatic rings. The highest BCUT2D eigenvalue weighted by Crippen LogP contribution is 2.11. The lowest BCUT2D eigenvalue weighted by atomic mass is 10.1. The standard InChI is InChI=1S/C23H36O2/c1-7-17-25-23(24)18-22(6)16-10-15-21(5)14-9-13-20(4)12-8-11-19(2)3/h10-11,13,15-16,18H,7-9,12,14,17H2,1-6H3/b16-10+,20-13+,21-15+,22-18+. The fourth-order valence-electron chi connectivity index (χ4n) is 2.16. The maximum Gasteiger partial charge on any atom is 0.331 e. The Morgan fingerprint density at radius 1 is 0.920 bits per heavy atom. The van der Waals surface area contributed by atoms with Crippen molar-refractivity contribution < 1.29 is 9.53 Å². The number of hydrogen-bond donors (Lipinski definition) is 0. The van der Waals surface area contributed by atoms with E-state index in [1.165, 1.54) is 22.8 Å². The minimum Gasteiger partial charge on any atom is -0.463 e. The zero-order valence-electron chi connectivity index (χ0n) is 17.0. The number of rotatable bonds is 11. The van der Waals surface area contributed by atoms with Gasteiger partial charge < -0.3 is 4.74 Å². The van der Waals surface area contributed by atoms with Gasteiger partial charge in [-0.05, 0) is 72.3 Å². The summed E-state index contributed by atoms with van der Waals surface area (Å²) < 4.78 is 5.03. The molecular weight excluding hydrogens is 308 g/mol. The Balaban J connectivity index is 4.25. The van der Waals surface area contributed by atoms with E-state index in [1.807, 2.05) is 26.0 Å². The highest BCUT2D eigenvalue weighted by molar-refractivity contribution is 5.83. The summed E-state index contributed by atoms with van der Waals surface area (Å²) in [5.74, 6) is -0.265. The minimum absolute atomic E-state index is 0.265. The Kier molecular flexibility index (Phi) is 13.4. The van der Waals surface area contributed by atoms with Crippen LogP contribution in [0.2, 0.25) is 0 Å². The second-order valence-corrected chi connectivity index (χ2v) is 6.84. The molecule has 0 fully saturated rings. The van der Waals surface area contributed by atoms with Gasteiger partial charge in [-0.15, -0.1) is 0 Å². The molecule has 0 bridgehead atoms. The first-order chi connectivity index (χ1) is 11.8. The van der Waals surface area contributed by atoms with Gasteiger partial charge in [0.25, 0.3) is 0 Å². The summed E-state index contributed by atoms with van der Waals surface area (Å²) in [5, 5.41) is 0. The van der Waals surface area contributed by atoms with Crippen LogP contribution in [-0.2, 0) is 9.53 Å². The quantitative estimate of drug-likeness (QED) is 0.177. The number of carbonyl (C=O) groups is 1. The Morgan fingerprint density at radius 3 is 2.20 bits per heavy atom. The molecule has 0 rings (SSSR count). The van der Waals surface area contributed by atoms with E-state index < -0.39 is 0 Å². The van der Waals surface area contributed by atoms with Gasteiger partial charge in [-0.2, -0.15) is 0 Å². The molecule has 2 nitrogen and oxygen atoms in total. The van der Waals surface area contributed by atoms with E-state index in [0.29, 0.717) is 6.61 Å². The molecule has 0 radical (unpaired) electrons. The molecule has 0 aliphatic carbocycles. The Morgan fingerprint density at radius 2 is 1.56 bits per heavy atom. The summed E-state index contributed by atoms with van der Waals surface area (Å²) in [6.07, 6.45) is 17.5. The molecule has 140 valence electrons.